The first-order chi connectivity index (χ1) is 17.5. The molecule has 8 nitrogen and oxygen atoms in total. The molecule has 9 heteroatoms. The number of hydrogen-bond acceptors (Lipinski definition) is 5. The molecule has 36 heavy (non-hydrogen) atoms. The van der Waals surface area contributed by atoms with Gasteiger partial charge in [-0.05, 0) is 70.8 Å². The summed E-state index contributed by atoms with van der Waals surface area (Å²) < 4.78 is 20.4. The Morgan fingerprint density at radius 1 is 1.17 bits per heavy atom. The average molecular weight is 490 g/mol. The predicted molar refractivity (Wildman–Crippen MR) is 135 cm³/mol. The first-order valence-electron chi connectivity index (χ1n) is 12.1. The number of halogens is 1. The van der Waals surface area contributed by atoms with Crippen LogP contribution in [0.4, 0.5) is 4.39 Å². The Bertz CT molecular complexity index is 1470. The molecule has 186 valence electrons. The lowest BCUT2D eigenvalue weighted by Gasteiger charge is -2.30. The second-order valence-corrected chi connectivity index (χ2v) is 9.33. The van der Waals surface area contributed by atoms with E-state index in [4.69, 9.17) is 4.74 Å². The van der Waals surface area contributed by atoms with Gasteiger partial charge in [0.1, 0.15) is 5.82 Å². The Labute approximate surface area is 208 Å². The van der Waals surface area contributed by atoms with Crippen molar-refractivity contribution in [2.75, 3.05) is 26.8 Å². The number of aromatic nitrogens is 5. The number of nitrogens with zero attached hydrogens (tertiary/aromatic N) is 4. The van der Waals surface area contributed by atoms with Crippen molar-refractivity contribution in [1.82, 2.24) is 25.2 Å². The predicted octanol–water partition coefficient (Wildman–Crippen LogP) is 2.38. The molecule has 1 aliphatic rings. The lowest BCUT2D eigenvalue weighted by atomic mass is 9.95. The molecule has 0 saturated heterocycles. The van der Waals surface area contributed by atoms with E-state index in [1.54, 1.807) is 11.8 Å². The molecule has 0 aliphatic carbocycles. The molecule has 0 radical (unpaired) electrons. The second kappa shape index (κ2) is 10.1. The third-order valence-corrected chi connectivity index (χ3v) is 7.06. The summed E-state index contributed by atoms with van der Waals surface area (Å²) in [4.78, 5) is 17.8. The summed E-state index contributed by atoms with van der Waals surface area (Å²) in [5.74, 6) is 0.391. The number of rotatable bonds is 7. The maximum Gasteiger partial charge on any atom is 0.258 e. The third-order valence-electron chi connectivity index (χ3n) is 7.06. The quantitative estimate of drug-likeness (QED) is 0.416. The fourth-order valence-corrected chi connectivity index (χ4v) is 5.04. The van der Waals surface area contributed by atoms with E-state index in [1.807, 2.05) is 38.1 Å². The van der Waals surface area contributed by atoms with Crippen molar-refractivity contribution in [3.8, 4) is 0 Å². The summed E-state index contributed by atoms with van der Waals surface area (Å²) in [6, 6.07) is 12.3. The van der Waals surface area contributed by atoms with Crippen LogP contribution in [0.5, 0.6) is 0 Å². The minimum atomic E-state index is -0.365. The van der Waals surface area contributed by atoms with Crippen LogP contribution in [-0.4, -0.2) is 52.0 Å². The summed E-state index contributed by atoms with van der Waals surface area (Å²) in [6.07, 6.45) is 2.97. The maximum absolute atomic E-state index is 13.5. The molecule has 2 unspecified atom stereocenters. The van der Waals surface area contributed by atoms with E-state index >= 15 is 0 Å². The van der Waals surface area contributed by atoms with Crippen molar-refractivity contribution < 1.29 is 14.0 Å². The highest BCUT2D eigenvalue weighted by molar-refractivity contribution is 5.85. The van der Waals surface area contributed by atoms with Crippen LogP contribution in [0.25, 0.3) is 16.5 Å². The van der Waals surface area contributed by atoms with Gasteiger partial charge in [0.15, 0.2) is 6.04 Å². The molecule has 2 aromatic heterocycles. The number of benzene rings is 2. The molecule has 5 rings (SSSR count). The number of methoxy groups -OCH3 is 1. The van der Waals surface area contributed by atoms with Crippen molar-refractivity contribution >= 4 is 16.5 Å². The third kappa shape index (κ3) is 4.59. The number of H-pyrrole nitrogens is 1. The van der Waals surface area contributed by atoms with Crippen LogP contribution >= 0.6 is 0 Å². The van der Waals surface area contributed by atoms with Gasteiger partial charge in [-0.15, -0.1) is 5.10 Å². The second-order valence-electron chi connectivity index (χ2n) is 9.33. The Hall–Kier alpha value is -3.69. The highest BCUT2D eigenvalue weighted by Gasteiger charge is 2.35. The first kappa shape index (κ1) is 24.0. The summed E-state index contributed by atoms with van der Waals surface area (Å²) in [5, 5.41) is 13.5. The highest BCUT2D eigenvalue weighted by Crippen LogP contribution is 2.25. The SMILES string of the molecule is COCCn1nnnc1C(c1cc2c(C)ccc(C)c2[nH]c1=O)[NH+]1CC=C(c2ccc(F)cc2)CC1. The molecule has 3 heterocycles. The number of quaternary nitrogens is 1. The van der Waals surface area contributed by atoms with Gasteiger partial charge in [0.2, 0.25) is 5.82 Å². The van der Waals surface area contributed by atoms with Crippen molar-refractivity contribution in [2.45, 2.75) is 32.9 Å². The summed E-state index contributed by atoms with van der Waals surface area (Å²) in [7, 11) is 1.64. The van der Waals surface area contributed by atoms with Gasteiger partial charge in [-0.25, -0.2) is 9.07 Å². The smallest absolute Gasteiger partial charge is 0.258 e. The van der Waals surface area contributed by atoms with Gasteiger partial charge in [0.25, 0.3) is 5.56 Å². The Balaban J connectivity index is 1.59. The first-order valence-corrected chi connectivity index (χ1v) is 12.1. The number of nitrogens with one attached hydrogen (secondary N) is 2. The van der Waals surface area contributed by atoms with E-state index in [0.29, 0.717) is 31.1 Å². The average Bonchev–Trinajstić information content (AvgIpc) is 3.35. The molecule has 2 aromatic carbocycles. The van der Waals surface area contributed by atoms with Crippen molar-refractivity contribution in [2.24, 2.45) is 0 Å². The Morgan fingerprint density at radius 2 is 1.94 bits per heavy atom. The monoisotopic (exact) mass is 489 g/mol. The van der Waals surface area contributed by atoms with Gasteiger partial charge in [-0.2, -0.15) is 0 Å². The number of ether oxygens (including phenoxy) is 1. The van der Waals surface area contributed by atoms with E-state index in [-0.39, 0.29) is 17.4 Å². The molecule has 1 aliphatic heterocycles. The Morgan fingerprint density at radius 3 is 2.67 bits per heavy atom. The van der Waals surface area contributed by atoms with Gasteiger partial charge < -0.3 is 14.6 Å². The number of tetrazole rings is 1. The van der Waals surface area contributed by atoms with Crippen LogP contribution in [0, 0.1) is 19.7 Å². The largest absolute Gasteiger partial charge is 0.383 e. The number of aromatic amines is 1. The van der Waals surface area contributed by atoms with Crippen LogP contribution in [0.3, 0.4) is 0 Å². The van der Waals surface area contributed by atoms with Gasteiger partial charge in [0, 0.05) is 18.9 Å². The normalized spacial score (nSPS) is 16.8. The van der Waals surface area contributed by atoms with Gasteiger partial charge in [-0.1, -0.05) is 24.3 Å². The topological polar surface area (TPSA) is 90.1 Å². The number of fused-ring (bicyclic) bond motifs is 1. The highest BCUT2D eigenvalue weighted by atomic mass is 19.1. The molecule has 0 amide bonds. The van der Waals surface area contributed by atoms with Crippen molar-refractivity contribution in [3.05, 3.63) is 92.8 Å². The minimum absolute atomic E-state index is 0.136. The van der Waals surface area contributed by atoms with Crippen LogP contribution in [0.2, 0.25) is 0 Å². The van der Waals surface area contributed by atoms with E-state index in [2.05, 4.69) is 32.7 Å². The van der Waals surface area contributed by atoms with Crippen molar-refractivity contribution in [1.29, 1.82) is 0 Å². The zero-order valence-electron chi connectivity index (χ0n) is 20.7. The fraction of sp³-hybridized carbons (Fsp3) is 0.333. The zero-order chi connectivity index (χ0) is 25.2. The summed E-state index contributed by atoms with van der Waals surface area (Å²) >= 11 is 0. The molecule has 0 spiro atoms. The van der Waals surface area contributed by atoms with Crippen LogP contribution in [-0.2, 0) is 11.3 Å². The lowest BCUT2D eigenvalue weighted by Crippen LogP contribution is -3.13. The van der Waals surface area contributed by atoms with Gasteiger partial charge in [-0.3, -0.25) is 4.79 Å². The minimum Gasteiger partial charge on any atom is -0.383 e. The Kier molecular flexibility index (Phi) is 6.75. The van der Waals surface area contributed by atoms with Crippen LogP contribution in [0.1, 0.15) is 40.5 Å². The molecule has 0 bridgehead atoms. The van der Waals surface area contributed by atoms with Crippen LogP contribution in [0.15, 0.2) is 53.3 Å². The molecule has 2 N–H and O–H groups in total. The van der Waals surface area contributed by atoms with Gasteiger partial charge in [0.05, 0.1) is 37.3 Å². The molecule has 0 fully saturated rings. The number of hydrogen-bond donors (Lipinski definition) is 2. The van der Waals surface area contributed by atoms with E-state index in [9.17, 15) is 9.18 Å². The van der Waals surface area contributed by atoms with Crippen molar-refractivity contribution in [3.63, 3.8) is 0 Å². The number of pyridine rings is 1. The molecular weight excluding hydrogens is 459 g/mol. The molecule has 4 aromatic rings. The van der Waals surface area contributed by atoms with E-state index in [1.165, 1.54) is 22.6 Å². The summed E-state index contributed by atoms with van der Waals surface area (Å²) in [5.41, 5.74) is 5.67. The standard InChI is InChI=1S/C27H29FN6O2/c1-17-4-5-18(2)24-22(17)16-23(27(35)29-24)25(26-30-31-32-34(26)14-15-36-3)33-12-10-20(11-13-33)19-6-8-21(28)9-7-19/h4-10,16,25H,11-15H2,1-3H3,(H,29,35)/p+1. The fourth-order valence-electron chi connectivity index (χ4n) is 5.04. The van der Waals surface area contributed by atoms with E-state index in [0.717, 1.165) is 40.6 Å². The van der Waals surface area contributed by atoms with Crippen LogP contribution < -0.4 is 10.5 Å². The number of aryl methyl sites for hydroxylation is 2. The van der Waals surface area contributed by atoms with Gasteiger partial charge >= 0.3 is 0 Å². The molecule has 2 atom stereocenters. The zero-order valence-corrected chi connectivity index (χ0v) is 20.7. The molecular formula is C27H30FN6O2+. The van der Waals surface area contributed by atoms with E-state index < -0.39 is 0 Å². The molecule has 0 saturated carbocycles. The summed E-state index contributed by atoms with van der Waals surface area (Å²) in [6.45, 7) is 6.45. The maximum atomic E-state index is 13.5. The lowest BCUT2D eigenvalue weighted by molar-refractivity contribution is -0.921.